The van der Waals surface area contributed by atoms with E-state index in [0.717, 1.165) is 43.4 Å². The van der Waals surface area contributed by atoms with Gasteiger partial charge in [-0.05, 0) is 50.0 Å². The number of amides is 1. The smallest absolute Gasteiger partial charge is 0.255 e. The largest absolute Gasteiger partial charge is 0.493 e. The summed E-state index contributed by atoms with van der Waals surface area (Å²) in [6.07, 6.45) is 11.8. The van der Waals surface area contributed by atoms with E-state index in [1.165, 1.54) is 17.5 Å². The Morgan fingerprint density at radius 1 is 1.15 bits per heavy atom. The third-order valence-corrected chi connectivity index (χ3v) is 6.56. The van der Waals surface area contributed by atoms with Gasteiger partial charge in [-0.3, -0.25) is 9.69 Å². The lowest BCUT2D eigenvalue weighted by Crippen LogP contribution is -2.49. The van der Waals surface area contributed by atoms with E-state index >= 15 is 0 Å². The summed E-state index contributed by atoms with van der Waals surface area (Å²) in [4.78, 5) is 21.6. The van der Waals surface area contributed by atoms with E-state index < -0.39 is 0 Å². The fraction of sp³-hybridized carbons (Fsp3) is 0.360. The standard InChI is InChI=1S/C25H26N6O2/c1-17-2-3-18(14-26)4-8-21(17)22-16-28-31(25(22)33)23-9-5-19(15-27-23)24(32)30-12-10-29(11-13-30)20-6-7-20/h3-5,8-9,15-16,20,33H,2,6-7,10-13H2,1H3. The highest BCUT2D eigenvalue weighted by atomic mass is 16.3. The van der Waals surface area contributed by atoms with E-state index in [4.69, 9.17) is 5.26 Å². The number of allylic oxidation sites excluding steroid dienone is 6. The molecule has 1 saturated heterocycles. The SMILES string of the molecule is CC1=C(c2cnn(-c3ccc(C(=O)N4CCN(C5CC5)CC4)cn3)c2O)C=CC(C#N)=CC1. The number of carbonyl (C=O) groups excluding carboxylic acids is 1. The fourth-order valence-corrected chi connectivity index (χ4v) is 4.41. The average molecular weight is 443 g/mol. The maximum atomic E-state index is 12.9. The van der Waals surface area contributed by atoms with Gasteiger partial charge in [-0.1, -0.05) is 17.7 Å². The van der Waals surface area contributed by atoms with Crippen LogP contribution in [0, 0.1) is 11.3 Å². The highest BCUT2D eigenvalue weighted by molar-refractivity contribution is 5.94. The highest BCUT2D eigenvalue weighted by Crippen LogP contribution is 2.33. The zero-order valence-corrected chi connectivity index (χ0v) is 18.6. The normalized spacial score (nSPS) is 19.3. The number of carbonyl (C=O) groups is 1. The lowest BCUT2D eigenvalue weighted by molar-refractivity contribution is 0.0627. The molecule has 8 heteroatoms. The minimum absolute atomic E-state index is 0.0138. The molecule has 0 aromatic carbocycles. The van der Waals surface area contributed by atoms with Crippen molar-refractivity contribution in [1.82, 2.24) is 24.6 Å². The summed E-state index contributed by atoms with van der Waals surface area (Å²) in [5.74, 6) is 0.387. The Bertz CT molecular complexity index is 1200. The maximum absolute atomic E-state index is 12.9. The van der Waals surface area contributed by atoms with Gasteiger partial charge in [0, 0.05) is 44.0 Å². The van der Waals surface area contributed by atoms with Crippen LogP contribution in [-0.2, 0) is 0 Å². The van der Waals surface area contributed by atoms with Gasteiger partial charge >= 0.3 is 0 Å². The van der Waals surface area contributed by atoms with E-state index in [0.29, 0.717) is 28.9 Å². The molecule has 3 heterocycles. The number of aromatic nitrogens is 3. The Hall–Kier alpha value is -3.70. The molecule has 1 N–H and O–H groups in total. The molecule has 3 aliphatic rings. The summed E-state index contributed by atoms with van der Waals surface area (Å²) >= 11 is 0. The third kappa shape index (κ3) is 4.20. The highest BCUT2D eigenvalue weighted by Gasteiger charge is 2.32. The first-order chi connectivity index (χ1) is 16.0. The van der Waals surface area contributed by atoms with Crippen molar-refractivity contribution in [1.29, 1.82) is 5.26 Å². The number of nitrogens with zero attached hydrogens (tertiary/aromatic N) is 6. The topological polar surface area (TPSA) is 98.3 Å². The van der Waals surface area contributed by atoms with Gasteiger partial charge in [0.1, 0.15) is 0 Å². The molecule has 1 aliphatic heterocycles. The van der Waals surface area contributed by atoms with Crippen LogP contribution in [0.5, 0.6) is 5.88 Å². The van der Waals surface area contributed by atoms with Crippen LogP contribution in [0.2, 0.25) is 0 Å². The summed E-state index contributed by atoms with van der Waals surface area (Å²) < 4.78 is 1.36. The van der Waals surface area contributed by atoms with Gasteiger partial charge in [-0.25, -0.2) is 4.98 Å². The average Bonchev–Trinajstić information content (AvgIpc) is 3.66. The molecule has 8 nitrogen and oxygen atoms in total. The minimum atomic E-state index is -0.0304. The molecule has 0 spiro atoms. The Morgan fingerprint density at radius 2 is 1.94 bits per heavy atom. The van der Waals surface area contributed by atoms with E-state index in [1.807, 2.05) is 24.0 Å². The molecule has 0 atom stereocenters. The van der Waals surface area contributed by atoms with Crippen LogP contribution in [0.4, 0.5) is 0 Å². The lowest BCUT2D eigenvalue weighted by Gasteiger charge is -2.34. The Labute approximate surface area is 192 Å². The van der Waals surface area contributed by atoms with Crippen LogP contribution < -0.4 is 0 Å². The molecule has 2 aromatic heterocycles. The summed E-state index contributed by atoms with van der Waals surface area (Å²) in [5.41, 5.74) is 3.56. The van der Waals surface area contributed by atoms with Crippen molar-refractivity contribution >= 4 is 11.5 Å². The maximum Gasteiger partial charge on any atom is 0.255 e. The summed E-state index contributed by atoms with van der Waals surface area (Å²) in [5, 5.41) is 24.3. The number of hydrogen-bond donors (Lipinski definition) is 1. The van der Waals surface area contributed by atoms with Gasteiger partial charge in [0.05, 0.1) is 23.4 Å². The van der Waals surface area contributed by atoms with Crippen LogP contribution in [0.3, 0.4) is 0 Å². The summed E-state index contributed by atoms with van der Waals surface area (Å²) in [6, 6.07) is 6.31. The summed E-state index contributed by atoms with van der Waals surface area (Å²) in [7, 11) is 0. The van der Waals surface area contributed by atoms with Gasteiger partial charge < -0.3 is 10.0 Å². The monoisotopic (exact) mass is 442 g/mol. The molecule has 2 aliphatic carbocycles. The minimum Gasteiger partial charge on any atom is -0.493 e. The molecule has 2 aromatic rings. The fourth-order valence-electron chi connectivity index (χ4n) is 4.41. The van der Waals surface area contributed by atoms with Crippen LogP contribution in [0.25, 0.3) is 11.4 Å². The van der Waals surface area contributed by atoms with Crippen molar-refractivity contribution in [2.75, 3.05) is 26.2 Å². The van der Waals surface area contributed by atoms with Gasteiger partial charge in [-0.15, -0.1) is 0 Å². The van der Waals surface area contributed by atoms with Crippen molar-refractivity contribution < 1.29 is 9.90 Å². The molecule has 33 heavy (non-hydrogen) atoms. The zero-order valence-electron chi connectivity index (χ0n) is 18.6. The second-order valence-corrected chi connectivity index (χ2v) is 8.76. The molecule has 0 unspecified atom stereocenters. The first-order valence-electron chi connectivity index (χ1n) is 11.3. The number of piperazine rings is 1. The second-order valence-electron chi connectivity index (χ2n) is 8.76. The third-order valence-electron chi connectivity index (χ3n) is 6.56. The van der Waals surface area contributed by atoms with Crippen molar-refractivity contribution in [2.45, 2.75) is 32.2 Å². The van der Waals surface area contributed by atoms with Crippen LogP contribution in [0.15, 0.2) is 53.9 Å². The molecule has 1 amide bonds. The molecule has 2 fully saturated rings. The molecule has 168 valence electrons. The van der Waals surface area contributed by atoms with Gasteiger partial charge in [0.15, 0.2) is 5.82 Å². The Morgan fingerprint density at radius 3 is 2.61 bits per heavy atom. The predicted octanol–water partition coefficient (Wildman–Crippen LogP) is 3.08. The van der Waals surface area contributed by atoms with Crippen molar-refractivity contribution in [3.63, 3.8) is 0 Å². The van der Waals surface area contributed by atoms with Crippen molar-refractivity contribution in [2.24, 2.45) is 0 Å². The first-order valence-corrected chi connectivity index (χ1v) is 11.3. The van der Waals surface area contributed by atoms with Crippen LogP contribution in [0.1, 0.15) is 42.1 Å². The van der Waals surface area contributed by atoms with Crippen LogP contribution in [-0.4, -0.2) is 67.8 Å². The molecule has 0 bridgehead atoms. The van der Waals surface area contributed by atoms with Gasteiger partial charge in [0.2, 0.25) is 5.88 Å². The van der Waals surface area contributed by atoms with Crippen molar-refractivity contribution in [3.05, 3.63) is 65.0 Å². The van der Waals surface area contributed by atoms with E-state index in [1.54, 1.807) is 30.6 Å². The molecule has 1 saturated carbocycles. The Kier molecular flexibility index (Phi) is 5.56. The van der Waals surface area contributed by atoms with Crippen LogP contribution >= 0.6 is 0 Å². The molecular weight excluding hydrogens is 416 g/mol. The molecule has 0 radical (unpaired) electrons. The number of hydrogen-bond acceptors (Lipinski definition) is 6. The Balaban J connectivity index is 1.31. The van der Waals surface area contributed by atoms with E-state index in [9.17, 15) is 9.90 Å². The molecule has 5 rings (SSSR count). The second kappa shape index (κ2) is 8.68. The number of aromatic hydroxyl groups is 1. The quantitative estimate of drug-likeness (QED) is 0.781. The van der Waals surface area contributed by atoms with E-state index in [2.05, 4.69) is 21.1 Å². The lowest BCUT2D eigenvalue weighted by atomic mass is 10.0. The predicted molar refractivity (Wildman–Crippen MR) is 124 cm³/mol. The molecular formula is C25H26N6O2. The van der Waals surface area contributed by atoms with Crippen molar-refractivity contribution in [3.8, 4) is 17.8 Å². The first kappa shape index (κ1) is 21.2. The zero-order chi connectivity index (χ0) is 22.9. The number of rotatable bonds is 4. The van der Waals surface area contributed by atoms with E-state index in [-0.39, 0.29) is 11.8 Å². The number of nitriles is 1. The summed E-state index contributed by atoms with van der Waals surface area (Å²) in [6.45, 7) is 5.31. The van der Waals surface area contributed by atoms with Gasteiger partial charge in [0.25, 0.3) is 5.91 Å². The van der Waals surface area contributed by atoms with Gasteiger partial charge in [-0.2, -0.15) is 15.0 Å². The number of pyridine rings is 1.